The van der Waals surface area contributed by atoms with Gasteiger partial charge in [-0.3, -0.25) is 19.8 Å². The van der Waals surface area contributed by atoms with Gasteiger partial charge in [-0.25, -0.2) is 0 Å². The van der Waals surface area contributed by atoms with Crippen LogP contribution in [0.1, 0.15) is 16.0 Å². The second kappa shape index (κ2) is 6.83. The molecule has 2 amide bonds. The summed E-state index contributed by atoms with van der Waals surface area (Å²) in [4.78, 5) is 27.7. The van der Waals surface area contributed by atoms with E-state index in [0.29, 0.717) is 10.7 Å². The van der Waals surface area contributed by atoms with Gasteiger partial charge >= 0.3 is 0 Å². The number of rotatable bonds is 2. The van der Waals surface area contributed by atoms with Crippen molar-refractivity contribution in [3.8, 4) is 0 Å². The van der Waals surface area contributed by atoms with Gasteiger partial charge in [-0.2, -0.15) is 0 Å². The zero-order valence-corrected chi connectivity index (χ0v) is 17.5. The Kier molecular flexibility index (Phi) is 4.63. The molecule has 1 fully saturated rings. The molecule has 1 aromatic carbocycles. The lowest BCUT2D eigenvalue weighted by Gasteiger charge is -2.28. The molecule has 2 aromatic heterocycles. The monoisotopic (exact) mass is 432 g/mol. The van der Waals surface area contributed by atoms with Crippen molar-refractivity contribution >= 4 is 84.6 Å². The van der Waals surface area contributed by atoms with E-state index in [2.05, 4.69) is 17.6 Å². The van der Waals surface area contributed by atoms with Crippen LogP contribution in [0.3, 0.4) is 0 Å². The van der Waals surface area contributed by atoms with Crippen molar-refractivity contribution in [2.24, 2.45) is 0 Å². The molecule has 1 N–H and O–H groups in total. The maximum absolute atomic E-state index is 13.1. The van der Waals surface area contributed by atoms with Crippen molar-refractivity contribution < 1.29 is 9.59 Å². The number of halogens is 1. The molecule has 0 radical (unpaired) electrons. The number of amides is 2. The summed E-state index contributed by atoms with van der Waals surface area (Å²) in [6.07, 6.45) is 1.66. The van der Waals surface area contributed by atoms with Gasteiger partial charge in [0.25, 0.3) is 11.8 Å². The van der Waals surface area contributed by atoms with Crippen molar-refractivity contribution in [1.29, 1.82) is 0 Å². The summed E-state index contributed by atoms with van der Waals surface area (Å²) >= 11 is 14.4. The number of thiocarbonyl (C=S) groups is 1. The number of nitrogens with zero attached hydrogens (tertiary/aromatic N) is 1. The SMILES string of the molecule is Cc1csc2sc(C=C3C(=O)NC(=S)N(c4ccc(Cl)cc4)C3=O)c(C)c12. The number of nitrogens with one attached hydrogen (secondary N) is 1. The summed E-state index contributed by atoms with van der Waals surface area (Å²) < 4.78 is 1.19. The maximum Gasteiger partial charge on any atom is 0.270 e. The molecule has 8 heteroatoms. The molecule has 4 rings (SSSR count). The third-order valence-corrected chi connectivity index (χ3v) is 7.35. The number of hydrogen-bond acceptors (Lipinski definition) is 5. The third-order valence-electron chi connectivity index (χ3n) is 4.35. The van der Waals surface area contributed by atoms with E-state index in [0.717, 1.165) is 10.4 Å². The van der Waals surface area contributed by atoms with E-state index >= 15 is 0 Å². The molecule has 0 atom stereocenters. The summed E-state index contributed by atoms with van der Waals surface area (Å²) in [7, 11) is 0. The molecular weight excluding hydrogens is 420 g/mol. The zero-order valence-electron chi connectivity index (χ0n) is 14.3. The highest BCUT2D eigenvalue weighted by Gasteiger charge is 2.34. The number of benzene rings is 1. The Morgan fingerprint density at radius 3 is 2.56 bits per heavy atom. The first-order valence-corrected chi connectivity index (χ1v) is 10.5. The van der Waals surface area contributed by atoms with Gasteiger partial charge in [0.1, 0.15) is 5.57 Å². The van der Waals surface area contributed by atoms with Crippen molar-refractivity contribution in [1.82, 2.24) is 5.32 Å². The minimum absolute atomic E-state index is 0.0594. The molecule has 0 bridgehead atoms. The van der Waals surface area contributed by atoms with E-state index in [4.69, 9.17) is 23.8 Å². The van der Waals surface area contributed by atoms with E-state index in [-0.39, 0.29) is 10.7 Å². The molecular formula is C19H13ClN2O2S3. The lowest BCUT2D eigenvalue weighted by molar-refractivity contribution is -0.122. The van der Waals surface area contributed by atoms with Gasteiger partial charge in [-0.05, 0) is 72.9 Å². The molecule has 1 saturated heterocycles. The molecule has 0 saturated carbocycles. The van der Waals surface area contributed by atoms with Gasteiger partial charge in [0, 0.05) is 15.3 Å². The number of thiophene rings is 2. The highest BCUT2D eigenvalue weighted by atomic mass is 35.5. The number of fused-ring (bicyclic) bond motifs is 1. The lowest BCUT2D eigenvalue weighted by Crippen LogP contribution is -2.54. The number of anilines is 1. The fourth-order valence-corrected chi connectivity index (χ4v) is 5.89. The highest BCUT2D eigenvalue weighted by molar-refractivity contribution is 7.80. The minimum Gasteiger partial charge on any atom is -0.298 e. The Bertz CT molecular complexity index is 1140. The molecule has 3 aromatic rings. The first-order valence-electron chi connectivity index (χ1n) is 8.01. The van der Waals surface area contributed by atoms with Crippen molar-refractivity contribution in [3.63, 3.8) is 0 Å². The van der Waals surface area contributed by atoms with Gasteiger partial charge in [0.15, 0.2) is 5.11 Å². The van der Waals surface area contributed by atoms with Crippen LogP contribution in [0.2, 0.25) is 5.02 Å². The van der Waals surface area contributed by atoms with Crippen LogP contribution in [0.5, 0.6) is 0 Å². The Balaban J connectivity index is 1.78. The zero-order chi connectivity index (χ0) is 19.3. The van der Waals surface area contributed by atoms with Crippen LogP contribution in [0.25, 0.3) is 15.5 Å². The molecule has 4 nitrogen and oxygen atoms in total. The van der Waals surface area contributed by atoms with E-state index in [9.17, 15) is 9.59 Å². The van der Waals surface area contributed by atoms with E-state index in [1.807, 2.05) is 6.92 Å². The molecule has 3 heterocycles. The van der Waals surface area contributed by atoms with Crippen molar-refractivity contribution in [2.75, 3.05) is 4.90 Å². The molecule has 0 aliphatic carbocycles. The van der Waals surface area contributed by atoms with Crippen LogP contribution >= 0.6 is 46.5 Å². The van der Waals surface area contributed by atoms with Crippen LogP contribution < -0.4 is 10.2 Å². The smallest absolute Gasteiger partial charge is 0.270 e. The second-order valence-electron chi connectivity index (χ2n) is 6.11. The van der Waals surface area contributed by atoms with Crippen LogP contribution in [0, 0.1) is 13.8 Å². The summed E-state index contributed by atoms with van der Waals surface area (Å²) in [6.45, 7) is 4.08. The molecule has 1 aliphatic rings. The second-order valence-corrected chi connectivity index (χ2v) is 9.12. The van der Waals surface area contributed by atoms with Gasteiger partial charge in [-0.15, -0.1) is 22.7 Å². The minimum atomic E-state index is -0.483. The predicted molar refractivity (Wildman–Crippen MR) is 117 cm³/mol. The van der Waals surface area contributed by atoms with Crippen molar-refractivity contribution in [2.45, 2.75) is 13.8 Å². The van der Waals surface area contributed by atoms with Gasteiger partial charge < -0.3 is 0 Å². The summed E-state index contributed by atoms with van der Waals surface area (Å²) in [6, 6.07) is 6.73. The van der Waals surface area contributed by atoms with Crippen molar-refractivity contribution in [3.05, 3.63) is 56.2 Å². The van der Waals surface area contributed by atoms with Crippen LogP contribution in [0.15, 0.2) is 35.2 Å². The number of hydrogen-bond donors (Lipinski definition) is 1. The number of aryl methyl sites for hydroxylation is 2. The van der Waals surface area contributed by atoms with E-state index < -0.39 is 11.8 Å². The summed E-state index contributed by atoms with van der Waals surface area (Å²) in [5, 5.41) is 6.53. The largest absolute Gasteiger partial charge is 0.298 e. The fourth-order valence-electron chi connectivity index (χ4n) is 3.00. The maximum atomic E-state index is 13.1. The number of carbonyl (C=O) groups is 2. The Labute approximate surface area is 174 Å². The van der Waals surface area contributed by atoms with Crippen LogP contribution in [-0.4, -0.2) is 16.9 Å². The standard InChI is InChI=1S/C19H13ClN2O2S3/c1-9-8-26-18-15(9)10(2)14(27-18)7-13-16(23)21-19(25)22(17(13)24)12-5-3-11(20)4-6-12/h3-8H,1-2H3,(H,21,23,25). The normalized spacial score (nSPS) is 16.5. The first-order chi connectivity index (χ1) is 12.9. The summed E-state index contributed by atoms with van der Waals surface area (Å²) in [5.41, 5.74) is 2.90. The predicted octanol–water partition coefficient (Wildman–Crippen LogP) is 5.06. The third kappa shape index (κ3) is 3.10. The van der Waals surface area contributed by atoms with Gasteiger partial charge in [0.2, 0.25) is 0 Å². The Morgan fingerprint density at radius 2 is 1.89 bits per heavy atom. The molecule has 0 unspecified atom stereocenters. The summed E-state index contributed by atoms with van der Waals surface area (Å²) in [5.74, 6) is -0.929. The molecule has 1 aliphatic heterocycles. The van der Waals surface area contributed by atoms with E-state index in [1.165, 1.54) is 19.9 Å². The molecule has 136 valence electrons. The molecule has 0 spiro atoms. The van der Waals surface area contributed by atoms with Crippen LogP contribution in [0.4, 0.5) is 5.69 Å². The average molecular weight is 433 g/mol. The average Bonchev–Trinajstić information content (AvgIpc) is 3.13. The topological polar surface area (TPSA) is 49.4 Å². The highest BCUT2D eigenvalue weighted by Crippen LogP contribution is 2.39. The van der Waals surface area contributed by atoms with Gasteiger partial charge in [0.05, 0.1) is 9.70 Å². The van der Waals surface area contributed by atoms with Crippen LogP contribution in [-0.2, 0) is 9.59 Å². The fraction of sp³-hybridized carbons (Fsp3) is 0.105. The first kappa shape index (κ1) is 18.3. The Hall–Kier alpha value is -2.06. The molecule has 27 heavy (non-hydrogen) atoms. The van der Waals surface area contributed by atoms with E-state index in [1.54, 1.807) is 53.0 Å². The quantitative estimate of drug-likeness (QED) is 0.349. The van der Waals surface area contributed by atoms with Gasteiger partial charge in [-0.1, -0.05) is 11.6 Å². The Morgan fingerprint density at radius 1 is 1.19 bits per heavy atom. The lowest BCUT2D eigenvalue weighted by atomic mass is 10.1. The number of carbonyl (C=O) groups excluding carboxylic acids is 2.